The summed E-state index contributed by atoms with van der Waals surface area (Å²) in [6, 6.07) is 0. The third-order valence-electron chi connectivity index (χ3n) is 1.74. The summed E-state index contributed by atoms with van der Waals surface area (Å²) in [6.45, 7) is 10.7. The van der Waals surface area contributed by atoms with Crippen molar-refractivity contribution in [1.29, 1.82) is 0 Å². The van der Waals surface area contributed by atoms with Gasteiger partial charge in [0.05, 0.1) is 0 Å². The van der Waals surface area contributed by atoms with Crippen LogP contribution in [0.5, 0.6) is 0 Å². The van der Waals surface area contributed by atoms with E-state index in [2.05, 4.69) is 13.2 Å². The minimum absolute atomic E-state index is 0.0347. The molecule has 0 aliphatic carbocycles. The van der Waals surface area contributed by atoms with Crippen molar-refractivity contribution in [2.45, 2.75) is 6.92 Å². The van der Waals surface area contributed by atoms with E-state index >= 15 is 0 Å². The van der Waals surface area contributed by atoms with Gasteiger partial charge in [-0.15, -0.1) is 0 Å². The zero-order valence-corrected chi connectivity index (χ0v) is 6.18. The molecule has 1 aliphatic heterocycles. The van der Waals surface area contributed by atoms with Crippen LogP contribution in [-0.2, 0) is 4.79 Å². The molecule has 2 nitrogen and oxygen atoms in total. The average Bonchev–Trinajstić information content (AvgIpc) is 2.17. The summed E-state index contributed by atoms with van der Waals surface area (Å²) in [5, 5.41) is 0. The highest BCUT2D eigenvalue weighted by molar-refractivity contribution is 6.00. The van der Waals surface area contributed by atoms with Gasteiger partial charge in [-0.05, 0) is 12.5 Å². The number of carbonyl (C=O) groups excluding carboxylic acids is 1. The van der Waals surface area contributed by atoms with Crippen molar-refractivity contribution < 1.29 is 4.79 Å². The van der Waals surface area contributed by atoms with Crippen LogP contribution in [0.2, 0.25) is 0 Å². The molecule has 0 saturated carbocycles. The van der Waals surface area contributed by atoms with Crippen molar-refractivity contribution >= 4 is 5.91 Å². The summed E-state index contributed by atoms with van der Waals surface area (Å²) in [7, 11) is 0. The third kappa shape index (κ3) is 0.856. The Balaban J connectivity index is 2.81. The van der Waals surface area contributed by atoms with Crippen molar-refractivity contribution in [2.24, 2.45) is 0 Å². The molecule has 0 bridgehead atoms. The molecule has 0 N–H and O–H groups in total. The largest absolute Gasteiger partial charge is 0.335 e. The van der Waals surface area contributed by atoms with E-state index in [0.717, 1.165) is 12.1 Å². The van der Waals surface area contributed by atoms with Gasteiger partial charge in [0.15, 0.2) is 0 Å². The summed E-state index contributed by atoms with van der Waals surface area (Å²) >= 11 is 0. The fourth-order valence-corrected chi connectivity index (χ4v) is 0.995. The Kier molecular flexibility index (Phi) is 1.62. The molecule has 0 aromatic carbocycles. The monoisotopic (exact) mass is 137 g/mol. The first-order valence-electron chi connectivity index (χ1n) is 3.33. The Bertz CT molecular complexity index is 205. The van der Waals surface area contributed by atoms with Crippen LogP contribution in [0.15, 0.2) is 24.3 Å². The maximum absolute atomic E-state index is 11.1. The summed E-state index contributed by atoms with van der Waals surface area (Å²) in [5.41, 5.74) is 1.42. The van der Waals surface area contributed by atoms with E-state index in [0.29, 0.717) is 12.1 Å². The highest BCUT2D eigenvalue weighted by Crippen LogP contribution is 2.18. The molecule has 1 amide bonds. The predicted octanol–water partition coefficient (Wildman–Crippen LogP) is 0.961. The van der Waals surface area contributed by atoms with Gasteiger partial charge in [-0.1, -0.05) is 13.2 Å². The van der Waals surface area contributed by atoms with Gasteiger partial charge < -0.3 is 4.90 Å². The van der Waals surface area contributed by atoms with Gasteiger partial charge in [-0.3, -0.25) is 4.79 Å². The summed E-state index contributed by atoms with van der Waals surface area (Å²) in [4.78, 5) is 12.8. The van der Waals surface area contributed by atoms with Crippen molar-refractivity contribution in [3.8, 4) is 0 Å². The highest BCUT2D eigenvalue weighted by atomic mass is 16.2. The molecule has 1 saturated heterocycles. The predicted molar refractivity (Wildman–Crippen MR) is 40.5 cm³/mol. The average molecular weight is 137 g/mol. The van der Waals surface area contributed by atoms with Crippen molar-refractivity contribution in [3.63, 3.8) is 0 Å². The number of nitrogens with zero attached hydrogens (tertiary/aromatic N) is 1. The second-order valence-electron chi connectivity index (χ2n) is 2.40. The van der Waals surface area contributed by atoms with Crippen LogP contribution in [-0.4, -0.2) is 23.9 Å². The second kappa shape index (κ2) is 2.29. The van der Waals surface area contributed by atoms with E-state index in [4.69, 9.17) is 0 Å². The normalized spacial score (nSPS) is 18.9. The standard InChI is InChI=1S/C8H11NO/c1-4-9-5-6(2)7(3)8(9)10/h2-5H2,1H3. The molecule has 0 spiro atoms. The quantitative estimate of drug-likeness (QED) is 0.493. The van der Waals surface area contributed by atoms with Crippen LogP contribution < -0.4 is 0 Å². The highest BCUT2D eigenvalue weighted by Gasteiger charge is 2.25. The van der Waals surface area contributed by atoms with Gasteiger partial charge in [0.1, 0.15) is 0 Å². The topological polar surface area (TPSA) is 20.3 Å². The Hall–Kier alpha value is -1.05. The number of rotatable bonds is 1. The fourth-order valence-electron chi connectivity index (χ4n) is 0.995. The molecule has 10 heavy (non-hydrogen) atoms. The molecule has 0 atom stereocenters. The molecule has 2 heteroatoms. The lowest BCUT2D eigenvalue weighted by atomic mass is 10.2. The fraction of sp³-hybridized carbons (Fsp3) is 0.375. The first-order chi connectivity index (χ1) is 4.66. The maximum Gasteiger partial charge on any atom is 0.253 e. The van der Waals surface area contributed by atoms with Crippen LogP contribution in [0.25, 0.3) is 0 Å². The van der Waals surface area contributed by atoms with E-state index in [1.165, 1.54) is 0 Å². The molecule has 0 aromatic rings. The Morgan fingerprint density at radius 1 is 1.60 bits per heavy atom. The zero-order valence-electron chi connectivity index (χ0n) is 6.18. The first-order valence-corrected chi connectivity index (χ1v) is 3.33. The van der Waals surface area contributed by atoms with E-state index < -0.39 is 0 Å². The number of carbonyl (C=O) groups is 1. The Morgan fingerprint density at radius 2 is 2.20 bits per heavy atom. The van der Waals surface area contributed by atoms with E-state index in [1.807, 2.05) is 6.92 Å². The molecule has 1 rings (SSSR count). The molecule has 0 aromatic heterocycles. The molecule has 1 aliphatic rings. The number of amides is 1. The first kappa shape index (κ1) is 7.06. The van der Waals surface area contributed by atoms with Gasteiger partial charge >= 0.3 is 0 Å². The Labute approximate surface area is 60.8 Å². The lowest BCUT2D eigenvalue weighted by molar-refractivity contribution is -0.124. The molecule has 1 fully saturated rings. The number of hydrogen-bond donors (Lipinski definition) is 0. The van der Waals surface area contributed by atoms with E-state index in [9.17, 15) is 4.79 Å². The van der Waals surface area contributed by atoms with Crippen LogP contribution in [0.4, 0.5) is 0 Å². The number of hydrogen-bond acceptors (Lipinski definition) is 1. The molecular weight excluding hydrogens is 126 g/mol. The summed E-state index contributed by atoms with van der Waals surface area (Å²) in [6.07, 6.45) is 0. The van der Waals surface area contributed by atoms with Gasteiger partial charge in [0.2, 0.25) is 0 Å². The van der Waals surface area contributed by atoms with Crippen LogP contribution >= 0.6 is 0 Å². The lowest BCUT2D eigenvalue weighted by Gasteiger charge is -2.09. The lowest BCUT2D eigenvalue weighted by Crippen LogP contribution is -2.24. The van der Waals surface area contributed by atoms with Gasteiger partial charge in [-0.2, -0.15) is 0 Å². The van der Waals surface area contributed by atoms with E-state index in [-0.39, 0.29) is 5.91 Å². The maximum atomic E-state index is 11.1. The van der Waals surface area contributed by atoms with Crippen molar-refractivity contribution in [3.05, 3.63) is 24.3 Å². The number of likely N-dealkylation sites (N-methyl/N-ethyl adjacent to an activating group) is 1. The summed E-state index contributed by atoms with van der Waals surface area (Å²) < 4.78 is 0. The minimum atomic E-state index is 0.0347. The van der Waals surface area contributed by atoms with Crippen molar-refractivity contribution in [2.75, 3.05) is 13.1 Å². The van der Waals surface area contributed by atoms with Gasteiger partial charge in [-0.25, -0.2) is 0 Å². The van der Waals surface area contributed by atoms with Crippen molar-refractivity contribution in [1.82, 2.24) is 4.90 Å². The van der Waals surface area contributed by atoms with Crippen LogP contribution in [0, 0.1) is 0 Å². The smallest absolute Gasteiger partial charge is 0.253 e. The van der Waals surface area contributed by atoms with Gasteiger partial charge in [0.25, 0.3) is 5.91 Å². The zero-order chi connectivity index (χ0) is 7.72. The SMILES string of the molecule is C=C1CN(CC)C(=O)C1=C. The Morgan fingerprint density at radius 3 is 2.40 bits per heavy atom. The molecule has 1 heterocycles. The molecule has 0 unspecified atom stereocenters. The molecule has 0 radical (unpaired) electrons. The number of likely N-dealkylation sites (tertiary alicyclic amines) is 1. The van der Waals surface area contributed by atoms with E-state index in [1.54, 1.807) is 4.90 Å². The van der Waals surface area contributed by atoms with Gasteiger partial charge in [0, 0.05) is 18.7 Å². The third-order valence-corrected chi connectivity index (χ3v) is 1.74. The second-order valence-corrected chi connectivity index (χ2v) is 2.40. The summed E-state index contributed by atoms with van der Waals surface area (Å²) in [5.74, 6) is 0.0347. The van der Waals surface area contributed by atoms with Crippen LogP contribution in [0.3, 0.4) is 0 Å². The minimum Gasteiger partial charge on any atom is -0.335 e. The van der Waals surface area contributed by atoms with Crippen LogP contribution in [0.1, 0.15) is 6.92 Å². The molecule has 54 valence electrons. The molecular formula is C8H11NO.